The van der Waals surface area contributed by atoms with Gasteiger partial charge in [0.05, 0.1) is 12.7 Å². The number of carbonyl (C=O) groups excluding carboxylic acids is 1. The molecule has 0 spiro atoms. The molecule has 0 bridgehead atoms. The van der Waals surface area contributed by atoms with Crippen LogP contribution in [0.2, 0.25) is 19.6 Å². The van der Waals surface area contributed by atoms with Crippen molar-refractivity contribution in [3.63, 3.8) is 0 Å². The second kappa shape index (κ2) is 6.70. The Labute approximate surface area is 129 Å². The third-order valence-electron chi connectivity index (χ3n) is 4.04. The number of allylic oxidation sites excluding steroid dienone is 1. The Morgan fingerprint density at radius 3 is 2.57 bits per heavy atom. The minimum atomic E-state index is -1.35. The van der Waals surface area contributed by atoms with Crippen LogP contribution in [0.5, 0.6) is 0 Å². The molecule has 0 aromatic carbocycles. The lowest BCUT2D eigenvalue weighted by Gasteiger charge is -2.39. The first-order valence-corrected chi connectivity index (χ1v) is 11.1. The van der Waals surface area contributed by atoms with E-state index in [4.69, 9.17) is 4.74 Å². The van der Waals surface area contributed by atoms with Crippen molar-refractivity contribution in [1.29, 1.82) is 0 Å². The first-order valence-electron chi connectivity index (χ1n) is 7.59. The summed E-state index contributed by atoms with van der Waals surface area (Å²) < 4.78 is 4.86. The van der Waals surface area contributed by atoms with E-state index in [1.54, 1.807) is 0 Å². The van der Waals surface area contributed by atoms with E-state index in [1.165, 1.54) is 7.11 Å². The molecule has 0 saturated heterocycles. The number of aliphatic hydroxyl groups is 1. The maximum atomic E-state index is 12.0. The predicted octanol–water partition coefficient (Wildman–Crippen LogP) is 4.07. The van der Waals surface area contributed by atoms with E-state index in [1.807, 2.05) is 0 Å². The van der Waals surface area contributed by atoms with Crippen LogP contribution in [0, 0.1) is 22.8 Å². The number of methoxy groups -OCH3 is 1. The van der Waals surface area contributed by atoms with Gasteiger partial charge in [0.1, 0.15) is 13.8 Å². The van der Waals surface area contributed by atoms with Crippen molar-refractivity contribution in [2.75, 3.05) is 7.11 Å². The van der Waals surface area contributed by atoms with Crippen molar-refractivity contribution in [2.45, 2.75) is 59.2 Å². The third-order valence-corrected chi connectivity index (χ3v) is 4.96. The van der Waals surface area contributed by atoms with Crippen molar-refractivity contribution in [3.05, 3.63) is 11.3 Å². The zero-order valence-corrected chi connectivity index (χ0v) is 15.2. The Kier molecular flexibility index (Phi) is 5.69. The average Bonchev–Trinajstić information content (AvgIpc) is 2.36. The van der Waals surface area contributed by atoms with Crippen molar-refractivity contribution < 1.29 is 14.6 Å². The molecule has 21 heavy (non-hydrogen) atoms. The quantitative estimate of drug-likeness (QED) is 0.486. The van der Waals surface area contributed by atoms with Crippen molar-refractivity contribution in [3.8, 4) is 11.5 Å². The number of rotatable bonds is 3. The molecule has 1 atom stereocenters. The summed E-state index contributed by atoms with van der Waals surface area (Å²) in [5, 5.41) is 10.1. The monoisotopic (exact) mass is 308 g/mol. The second-order valence-corrected chi connectivity index (χ2v) is 12.2. The number of hydrogen-bond donors (Lipinski definition) is 1. The second-order valence-electron chi connectivity index (χ2n) is 7.48. The van der Waals surface area contributed by atoms with Gasteiger partial charge in [0.2, 0.25) is 0 Å². The van der Waals surface area contributed by atoms with E-state index in [2.05, 4.69) is 45.0 Å². The summed E-state index contributed by atoms with van der Waals surface area (Å²) in [6.45, 7) is 11.0. The van der Waals surface area contributed by atoms with Crippen molar-refractivity contribution >= 4 is 14.0 Å². The van der Waals surface area contributed by atoms with Gasteiger partial charge in [-0.15, -0.1) is 11.5 Å². The largest absolute Gasteiger partial charge is 0.512 e. The third kappa shape index (κ3) is 4.92. The lowest BCUT2D eigenvalue weighted by Crippen LogP contribution is -2.34. The lowest BCUT2D eigenvalue weighted by molar-refractivity contribution is -0.138. The standard InChI is InChI=1S/C17H28O3Si/c1-17(2)11-10-14(18)15(16(19)20-3)13(17)9-7-8-12-21(4,5)6/h13,18H,7,9-11H2,1-6H3. The van der Waals surface area contributed by atoms with Crippen LogP contribution in [0.25, 0.3) is 0 Å². The van der Waals surface area contributed by atoms with Gasteiger partial charge >= 0.3 is 5.97 Å². The zero-order valence-electron chi connectivity index (χ0n) is 14.2. The summed E-state index contributed by atoms with van der Waals surface area (Å²) in [4.78, 5) is 12.0. The molecule has 0 aromatic heterocycles. The first kappa shape index (κ1) is 17.8. The van der Waals surface area contributed by atoms with Crippen LogP contribution in [0.4, 0.5) is 0 Å². The van der Waals surface area contributed by atoms with E-state index in [0.717, 1.165) is 19.3 Å². The number of aliphatic hydroxyl groups excluding tert-OH is 1. The van der Waals surface area contributed by atoms with E-state index in [9.17, 15) is 9.90 Å². The molecular weight excluding hydrogens is 280 g/mol. The molecule has 1 aliphatic carbocycles. The molecule has 1 unspecified atom stereocenters. The molecule has 0 aliphatic heterocycles. The van der Waals surface area contributed by atoms with Gasteiger partial charge in [0, 0.05) is 18.8 Å². The normalized spacial score (nSPS) is 21.5. The maximum Gasteiger partial charge on any atom is 0.337 e. The molecule has 0 radical (unpaired) electrons. The highest BCUT2D eigenvalue weighted by atomic mass is 28.3. The van der Waals surface area contributed by atoms with Crippen LogP contribution in [-0.4, -0.2) is 26.3 Å². The minimum Gasteiger partial charge on any atom is -0.512 e. The Bertz CT molecular complexity index is 486. The van der Waals surface area contributed by atoms with Gasteiger partial charge in [0.15, 0.2) is 0 Å². The van der Waals surface area contributed by atoms with Crippen molar-refractivity contribution in [1.82, 2.24) is 0 Å². The summed E-state index contributed by atoms with van der Waals surface area (Å²) in [6.07, 6.45) is 2.98. The molecule has 1 rings (SSSR count). The number of carbonyl (C=O) groups is 1. The van der Waals surface area contributed by atoms with Gasteiger partial charge in [-0.25, -0.2) is 4.79 Å². The van der Waals surface area contributed by atoms with Gasteiger partial charge in [-0.3, -0.25) is 0 Å². The van der Waals surface area contributed by atoms with E-state index < -0.39 is 14.0 Å². The van der Waals surface area contributed by atoms with Crippen LogP contribution in [-0.2, 0) is 9.53 Å². The number of ether oxygens (including phenoxy) is 1. The lowest BCUT2D eigenvalue weighted by atomic mass is 9.66. The first-order chi connectivity index (χ1) is 9.58. The summed E-state index contributed by atoms with van der Waals surface area (Å²) in [5.74, 6) is 3.07. The van der Waals surface area contributed by atoms with E-state index in [-0.39, 0.29) is 17.1 Å². The Balaban J connectivity index is 2.94. The molecule has 0 saturated carbocycles. The molecule has 0 heterocycles. The highest BCUT2D eigenvalue weighted by Gasteiger charge is 2.40. The summed E-state index contributed by atoms with van der Waals surface area (Å²) in [6, 6.07) is 0. The van der Waals surface area contributed by atoms with Gasteiger partial charge in [-0.2, -0.15) is 0 Å². The van der Waals surface area contributed by atoms with Gasteiger partial charge in [-0.05, 0) is 18.3 Å². The smallest absolute Gasteiger partial charge is 0.337 e. The molecule has 0 amide bonds. The van der Waals surface area contributed by atoms with Crippen LogP contribution >= 0.6 is 0 Å². The molecule has 118 valence electrons. The predicted molar refractivity (Wildman–Crippen MR) is 88.5 cm³/mol. The molecule has 0 aromatic rings. The fraction of sp³-hybridized carbons (Fsp3) is 0.706. The maximum absolute atomic E-state index is 12.0. The van der Waals surface area contributed by atoms with Gasteiger partial charge < -0.3 is 9.84 Å². The minimum absolute atomic E-state index is 0.00892. The molecular formula is C17H28O3Si. The van der Waals surface area contributed by atoms with Gasteiger partial charge in [0.25, 0.3) is 0 Å². The van der Waals surface area contributed by atoms with E-state index in [0.29, 0.717) is 12.0 Å². The number of hydrogen-bond acceptors (Lipinski definition) is 3. The summed E-state index contributed by atoms with van der Waals surface area (Å²) in [5.41, 5.74) is 3.80. The van der Waals surface area contributed by atoms with Crippen LogP contribution in [0.3, 0.4) is 0 Å². The van der Waals surface area contributed by atoms with Gasteiger partial charge in [-0.1, -0.05) is 33.5 Å². The topological polar surface area (TPSA) is 46.5 Å². The fourth-order valence-electron chi connectivity index (χ4n) is 2.79. The van der Waals surface area contributed by atoms with Crippen LogP contribution in [0.15, 0.2) is 11.3 Å². The molecule has 1 aliphatic rings. The Morgan fingerprint density at radius 1 is 1.43 bits per heavy atom. The Morgan fingerprint density at radius 2 is 2.05 bits per heavy atom. The average molecular weight is 308 g/mol. The molecule has 1 N–H and O–H groups in total. The van der Waals surface area contributed by atoms with Crippen molar-refractivity contribution in [2.24, 2.45) is 11.3 Å². The fourth-order valence-corrected chi connectivity index (χ4v) is 3.45. The highest BCUT2D eigenvalue weighted by Crippen LogP contribution is 2.45. The van der Waals surface area contributed by atoms with Crippen LogP contribution < -0.4 is 0 Å². The molecule has 0 fully saturated rings. The van der Waals surface area contributed by atoms with E-state index >= 15 is 0 Å². The zero-order chi connectivity index (χ0) is 16.3. The van der Waals surface area contributed by atoms with Crippen LogP contribution in [0.1, 0.15) is 39.5 Å². The molecule has 3 nitrogen and oxygen atoms in total. The number of esters is 1. The summed E-state index contributed by atoms with van der Waals surface area (Å²) >= 11 is 0. The Hall–Kier alpha value is -1.21. The summed E-state index contributed by atoms with van der Waals surface area (Å²) in [7, 11) is 0.0144. The molecule has 4 heteroatoms. The highest BCUT2D eigenvalue weighted by molar-refractivity contribution is 6.83. The SMILES string of the molecule is COC(=O)C1=C(O)CCC(C)(C)C1CCC#C[Si](C)(C)C.